The molecule has 0 aliphatic rings. The lowest BCUT2D eigenvalue weighted by atomic mass is 10.0. The van der Waals surface area contributed by atoms with E-state index in [4.69, 9.17) is 15.3 Å². The van der Waals surface area contributed by atoms with Crippen LogP contribution in [-0.2, 0) is 14.4 Å². The van der Waals surface area contributed by atoms with E-state index in [2.05, 4.69) is 19.1 Å². The fourth-order valence-corrected chi connectivity index (χ4v) is 5.06. The molecule has 0 aromatic rings. The number of carbonyl (C=O) groups is 3. The van der Waals surface area contributed by atoms with E-state index < -0.39 is 17.9 Å². The van der Waals surface area contributed by atoms with Crippen molar-refractivity contribution in [3.05, 3.63) is 12.2 Å². The highest BCUT2D eigenvalue weighted by Gasteiger charge is 2.29. The van der Waals surface area contributed by atoms with Gasteiger partial charge in [0.25, 0.3) is 0 Å². The summed E-state index contributed by atoms with van der Waals surface area (Å²) in [6.45, 7) is 3.73. The number of unbranched alkanes of at least 4 members (excludes halogenated alkanes) is 16. The van der Waals surface area contributed by atoms with Crippen LogP contribution in [0.4, 0.5) is 0 Å². The van der Waals surface area contributed by atoms with Crippen LogP contribution in [0.3, 0.4) is 0 Å². The molecule has 38 heavy (non-hydrogen) atoms. The Bertz CT molecular complexity index is 588. The van der Waals surface area contributed by atoms with Gasteiger partial charge in [-0.2, -0.15) is 0 Å². The third-order valence-corrected chi connectivity index (χ3v) is 7.54. The van der Waals surface area contributed by atoms with E-state index in [1.54, 1.807) is 0 Å². The van der Waals surface area contributed by atoms with Gasteiger partial charge in [0.1, 0.15) is 0 Å². The van der Waals surface area contributed by atoms with Crippen LogP contribution in [0.25, 0.3) is 0 Å². The minimum absolute atomic E-state index is 0.0734. The fourth-order valence-electron chi connectivity index (χ4n) is 5.06. The molecule has 0 aliphatic carbocycles. The average Bonchev–Trinajstić information content (AvgIpc) is 2.88. The average molecular weight is 541 g/mol. The zero-order valence-electron chi connectivity index (χ0n) is 24.3. The van der Waals surface area contributed by atoms with E-state index in [1.807, 2.05) is 0 Å². The maximum atomic E-state index is 11.1. The van der Waals surface area contributed by atoms with Crippen LogP contribution >= 0.6 is 0 Å². The number of carboxylic acids is 3. The molecule has 0 amide bonds. The van der Waals surface area contributed by atoms with Crippen molar-refractivity contribution in [1.29, 1.82) is 0 Å². The van der Waals surface area contributed by atoms with Gasteiger partial charge in [-0.3, -0.25) is 14.4 Å². The Labute approximate surface area is 232 Å². The van der Waals surface area contributed by atoms with E-state index in [9.17, 15) is 14.4 Å². The molecule has 0 aromatic carbocycles. The quantitative estimate of drug-likeness (QED) is 0.0506. The molecule has 0 bridgehead atoms. The zero-order valence-corrected chi connectivity index (χ0v) is 24.3. The van der Waals surface area contributed by atoms with Gasteiger partial charge in [-0.15, -0.1) is 0 Å². The number of allylic oxidation sites excluding steroid dienone is 2. The lowest BCUT2D eigenvalue weighted by Crippen LogP contribution is -2.52. The van der Waals surface area contributed by atoms with Gasteiger partial charge >= 0.3 is 17.9 Å². The first kappa shape index (κ1) is 36.1. The molecule has 222 valence electrons. The summed E-state index contributed by atoms with van der Waals surface area (Å²) < 4.78 is 0.265. The molecule has 0 aliphatic heterocycles. The second-order valence-corrected chi connectivity index (χ2v) is 11.0. The monoisotopic (exact) mass is 540 g/mol. The van der Waals surface area contributed by atoms with Crippen molar-refractivity contribution in [2.75, 3.05) is 26.2 Å². The minimum Gasteiger partial charge on any atom is -0.481 e. The Kier molecular flexibility index (Phi) is 24.1. The number of nitrogens with zero attached hydrogens (tertiary/aromatic N) is 1. The van der Waals surface area contributed by atoms with Crippen molar-refractivity contribution >= 4 is 17.9 Å². The highest BCUT2D eigenvalue weighted by atomic mass is 16.4. The summed E-state index contributed by atoms with van der Waals surface area (Å²) in [6.07, 6.45) is 27.0. The first-order valence-electron chi connectivity index (χ1n) is 15.5. The predicted molar refractivity (Wildman–Crippen MR) is 154 cm³/mol. The molecule has 0 unspecified atom stereocenters. The normalized spacial score (nSPS) is 11.8. The Morgan fingerprint density at radius 1 is 0.474 bits per heavy atom. The standard InChI is InChI=1S/C31H57NO6/c1-2-3-4-5-6-7-8-9-10-11-12-13-14-15-16-17-18-19-20-21-25-32(26-22-29(33)34,27-23-30(35)36)28-24-31(37)38/h5-6H,2-4,7-28H2,1H3,(H2-,33,34,35,36,37,38)/p+1/b6-5+. The lowest BCUT2D eigenvalue weighted by Gasteiger charge is -2.38. The van der Waals surface area contributed by atoms with Gasteiger partial charge in [0.05, 0.1) is 45.4 Å². The van der Waals surface area contributed by atoms with Crippen LogP contribution in [0.1, 0.15) is 142 Å². The molecule has 0 spiro atoms. The molecule has 0 atom stereocenters. The summed E-state index contributed by atoms with van der Waals surface area (Å²) in [6, 6.07) is 0. The smallest absolute Gasteiger partial charge is 0.309 e. The van der Waals surface area contributed by atoms with E-state index in [-0.39, 0.29) is 43.4 Å². The van der Waals surface area contributed by atoms with E-state index >= 15 is 0 Å². The topological polar surface area (TPSA) is 112 Å². The molecule has 7 nitrogen and oxygen atoms in total. The van der Waals surface area contributed by atoms with E-state index in [1.165, 1.54) is 96.3 Å². The maximum absolute atomic E-state index is 11.1. The Hall–Kier alpha value is -1.89. The predicted octanol–water partition coefficient (Wildman–Crippen LogP) is 7.83. The van der Waals surface area contributed by atoms with Crippen LogP contribution in [-0.4, -0.2) is 63.9 Å². The summed E-state index contributed by atoms with van der Waals surface area (Å²) in [5.74, 6) is -2.79. The van der Waals surface area contributed by atoms with Crippen molar-refractivity contribution in [3.8, 4) is 0 Å². The summed E-state index contributed by atoms with van der Waals surface area (Å²) in [7, 11) is 0. The maximum Gasteiger partial charge on any atom is 0.309 e. The molecule has 0 rings (SSSR count). The molecule has 0 heterocycles. The molecule has 0 saturated carbocycles. The number of hydrogen-bond acceptors (Lipinski definition) is 3. The van der Waals surface area contributed by atoms with Crippen LogP contribution in [0.5, 0.6) is 0 Å². The first-order chi connectivity index (χ1) is 18.3. The van der Waals surface area contributed by atoms with Gasteiger partial charge in [0, 0.05) is 0 Å². The highest BCUT2D eigenvalue weighted by molar-refractivity contribution is 5.67. The Morgan fingerprint density at radius 2 is 0.789 bits per heavy atom. The van der Waals surface area contributed by atoms with Crippen LogP contribution in [0.2, 0.25) is 0 Å². The summed E-state index contributed by atoms with van der Waals surface area (Å²) in [5, 5.41) is 27.4. The highest BCUT2D eigenvalue weighted by Crippen LogP contribution is 2.17. The van der Waals surface area contributed by atoms with E-state index in [0.717, 1.165) is 19.3 Å². The van der Waals surface area contributed by atoms with Gasteiger partial charge in [-0.25, -0.2) is 0 Å². The molecule has 0 aromatic heterocycles. The summed E-state index contributed by atoms with van der Waals surface area (Å²) in [5.41, 5.74) is 0. The first-order valence-corrected chi connectivity index (χ1v) is 15.5. The van der Waals surface area contributed by atoms with Crippen LogP contribution in [0.15, 0.2) is 12.2 Å². The molecule has 0 radical (unpaired) electrons. The second-order valence-electron chi connectivity index (χ2n) is 11.0. The fraction of sp³-hybridized carbons (Fsp3) is 0.839. The van der Waals surface area contributed by atoms with Gasteiger partial charge in [-0.05, 0) is 32.1 Å². The summed E-state index contributed by atoms with van der Waals surface area (Å²) >= 11 is 0. The second kappa shape index (κ2) is 25.4. The molecule has 7 heteroatoms. The SMILES string of the molecule is CCCC/C=C/CCCCCCCCCCCCCCCC[N+](CCC(=O)O)(CCC(=O)O)CCC(=O)O. The molecular weight excluding hydrogens is 482 g/mol. The Balaban J connectivity index is 3.88. The van der Waals surface area contributed by atoms with Crippen molar-refractivity contribution < 1.29 is 34.2 Å². The summed E-state index contributed by atoms with van der Waals surface area (Å²) in [4.78, 5) is 33.4. The van der Waals surface area contributed by atoms with E-state index in [0.29, 0.717) is 6.54 Å². The minimum atomic E-state index is -0.931. The number of carboxylic acid groups (broad SMARTS) is 3. The van der Waals surface area contributed by atoms with Gasteiger partial charge in [0.15, 0.2) is 0 Å². The zero-order chi connectivity index (χ0) is 28.3. The number of hydrogen-bond donors (Lipinski definition) is 3. The van der Waals surface area contributed by atoms with Gasteiger partial charge in [-0.1, -0.05) is 103 Å². The molecular formula is C31H58NO6+. The Morgan fingerprint density at radius 3 is 1.13 bits per heavy atom. The van der Waals surface area contributed by atoms with Crippen LogP contribution in [0, 0.1) is 0 Å². The largest absolute Gasteiger partial charge is 0.481 e. The third kappa shape index (κ3) is 24.4. The number of quaternary nitrogens is 1. The van der Waals surface area contributed by atoms with Crippen molar-refractivity contribution in [2.45, 2.75) is 142 Å². The van der Waals surface area contributed by atoms with Crippen LogP contribution < -0.4 is 0 Å². The number of rotatable bonds is 29. The lowest BCUT2D eigenvalue weighted by molar-refractivity contribution is -0.927. The molecule has 0 saturated heterocycles. The third-order valence-electron chi connectivity index (χ3n) is 7.54. The van der Waals surface area contributed by atoms with Gasteiger partial charge in [0.2, 0.25) is 0 Å². The number of aliphatic carboxylic acids is 3. The molecule has 3 N–H and O–H groups in total. The molecule has 0 fully saturated rings. The van der Waals surface area contributed by atoms with Gasteiger partial charge < -0.3 is 19.8 Å². The van der Waals surface area contributed by atoms with Crippen molar-refractivity contribution in [1.82, 2.24) is 0 Å². The van der Waals surface area contributed by atoms with Crippen molar-refractivity contribution in [3.63, 3.8) is 0 Å². The van der Waals surface area contributed by atoms with Crippen molar-refractivity contribution in [2.24, 2.45) is 0 Å².